The van der Waals surface area contributed by atoms with Gasteiger partial charge in [-0.05, 0) is 5.56 Å². The summed E-state index contributed by atoms with van der Waals surface area (Å²) in [6.07, 6.45) is 0.0241. The smallest absolute Gasteiger partial charge is 0.322 e. The van der Waals surface area contributed by atoms with E-state index in [1.54, 1.807) is 4.90 Å². The summed E-state index contributed by atoms with van der Waals surface area (Å²) in [6, 6.07) is 8.97. The molecule has 2 saturated heterocycles. The Balaban J connectivity index is 1.46. The van der Waals surface area contributed by atoms with Gasteiger partial charge in [0.05, 0.1) is 6.42 Å². The van der Waals surface area contributed by atoms with Crippen LogP contribution in [0.4, 0.5) is 4.79 Å². The zero-order chi connectivity index (χ0) is 16.2. The minimum absolute atomic E-state index is 0.0241. The van der Waals surface area contributed by atoms with Gasteiger partial charge in [0.25, 0.3) is 5.91 Å². The predicted octanol–water partition coefficient (Wildman–Crippen LogP) is -0.0711. The van der Waals surface area contributed by atoms with E-state index >= 15 is 0 Å². The SMILES string of the molecule is O=C1NC(=O)C(CC(=O)N2CCN(Cc3ccccc3)CC2)N1. The van der Waals surface area contributed by atoms with E-state index < -0.39 is 18.0 Å². The van der Waals surface area contributed by atoms with E-state index in [4.69, 9.17) is 0 Å². The van der Waals surface area contributed by atoms with E-state index in [-0.39, 0.29) is 12.3 Å². The van der Waals surface area contributed by atoms with Gasteiger partial charge in [0.15, 0.2) is 0 Å². The molecule has 122 valence electrons. The van der Waals surface area contributed by atoms with Gasteiger partial charge in [-0.1, -0.05) is 30.3 Å². The van der Waals surface area contributed by atoms with E-state index in [1.165, 1.54) is 5.56 Å². The number of nitrogens with one attached hydrogen (secondary N) is 2. The fourth-order valence-electron chi connectivity index (χ4n) is 2.90. The fraction of sp³-hybridized carbons (Fsp3) is 0.438. The first-order valence-electron chi connectivity index (χ1n) is 7.77. The van der Waals surface area contributed by atoms with Gasteiger partial charge < -0.3 is 10.2 Å². The molecule has 0 aromatic heterocycles. The van der Waals surface area contributed by atoms with Gasteiger partial charge in [-0.15, -0.1) is 0 Å². The Labute approximate surface area is 134 Å². The Hall–Kier alpha value is -2.41. The van der Waals surface area contributed by atoms with E-state index in [0.717, 1.165) is 19.6 Å². The number of urea groups is 1. The maximum atomic E-state index is 12.2. The van der Waals surface area contributed by atoms with Crippen molar-refractivity contribution in [1.82, 2.24) is 20.4 Å². The van der Waals surface area contributed by atoms with Gasteiger partial charge in [-0.25, -0.2) is 4.79 Å². The summed E-state index contributed by atoms with van der Waals surface area (Å²) in [4.78, 5) is 38.9. The van der Waals surface area contributed by atoms with Gasteiger partial charge in [-0.2, -0.15) is 0 Å². The van der Waals surface area contributed by atoms with Crippen LogP contribution in [0.3, 0.4) is 0 Å². The molecule has 3 rings (SSSR count). The first kappa shape index (κ1) is 15.5. The van der Waals surface area contributed by atoms with Gasteiger partial charge >= 0.3 is 6.03 Å². The number of nitrogens with zero attached hydrogens (tertiary/aromatic N) is 2. The monoisotopic (exact) mass is 316 g/mol. The molecular formula is C16H20N4O3. The first-order chi connectivity index (χ1) is 11.1. The van der Waals surface area contributed by atoms with Crippen molar-refractivity contribution in [3.05, 3.63) is 35.9 Å². The minimum Gasteiger partial charge on any atom is -0.340 e. The van der Waals surface area contributed by atoms with Gasteiger partial charge in [0.2, 0.25) is 5.91 Å². The standard InChI is InChI=1S/C16H20N4O3/c21-14(10-13-15(22)18-16(23)17-13)20-8-6-19(7-9-20)11-12-4-2-1-3-5-12/h1-5,13H,6-11H2,(H2,17,18,22,23). The van der Waals surface area contributed by atoms with Crippen molar-refractivity contribution in [2.45, 2.75) is 19.0 Å². The van der Waals surface area contributed by atoms with Crippen LogP contribution >= 0.6 is 0 Å². The summed E-state index contributed by atoms with van der Waals surface area (Å²) in [5, 5.41) is 4.60. The summed E-state index contributed by atoms with van der Waals surface area (Å²) in [6.45, 7) is 3.79. The molecule has 23 heavy (non-hydrogen) atoms. The molecule has 2 aliphatic rings. The molecule has 0 spiro atoms. The van der Waals surface area contributed by atoms with Gasteiger partial charge in [0.1, 0.15) is 6.04 Å². The zero-order valence-corrected chi connectivity index (χ0v) is 12.8. The first-order valence-corrected chi connectivity index (χ1v) is 7.77. The lowest BCUT2D eigenvalue weighted by molar-refractivity contribution is -0.135. The maximum Gasteiger partial charge on any atom is 0.322 e. The second kappa shape index (κ2) is 6.78. The predicted molar refractivity (Wildman–Crippen MR) is 83.4 cm³/mol. The molecule has 1 unspecified atom stereocenters. The number of rotatable bonds is 4. The summed E-state index contributed by atoms with van der Waals surface area (Å²) < 4.78 is 0. The Morgan fingerprint density at radius 3 is 2.39 bits per heavy atom. The molecule has 2 heterocycles. The summed E-state index contributed by atoms with van der Waals surface area (Å²) in [5.41, 5.74) is 1.26. The quantitative estimate of drug-likeness (QED) is 0.762. The molecule has 1 aromatic rings. The second-order valence-electron chi connectivity index (χ2n) is 5.86. The third-order valence-corrected chi connectivity index (χ3v) is 4.21. The number of hydrogen-bond acceptors (Lipinski definition) is 4. The molecule has 0 radical (unpaired) electrons. The van der Waals surface area contributed by atoms with Crippen LogP contribution in [0.5, 0.6) is 0 Å². The number of imide groups is 1. The number of amides is 4. The number of carbonyl (C=O) groups is 3. The van der Waals surface area contributed by atoms with Crippen molar-refractivity contribution in [2.75, 3.05) is 26.2 Å². The fourth-order valence-corrected chi connectivity index (χ4v) is 2.90. The second-order valence-corrected chi connectivity index (χ2v) is 5.86. The van der Waals surface area contributed by atoms with Crippen LogP contribution in [-0.2, 0) is 16.1 Å². The number of piperazine rings is 1. The van der Waals surface area contributed by atoms with E-state index in [1.807, 2.05) is 18.2 Å². The molecule has 2 fully saturated rings. The Morgan fingerprint density at radius 1 is 1.09 bits per heavy atom. The van der Waals surface area contributed by atoms with Gasteiger partial charge in [-0.3, -0.25) is 19.8 Å². The van der Waals surface area contributed by atoms with Crippen LogP contribution in [0.1, 0.15) is 12.0 Å². The van der Waals surface area contributed by atoms with Crippen LogP contribution in [0.2, 0.25) is 0 Å². The normalized spacial score (nSPS) is 21.9. The maximum absolute atomic E-state index is 12.2. The molecule has 0 aliphatic carbocycles. The Bertz CT molecular complexity index is 597. The van der Waals surface area contributed by atoms with E-state index in [9.17, 15) is 14.4 Å². The number of benzene rings is 1. The van der Waals surface area contributed by atoms with E-state index in [2.05, 4.69) is 27.7 Å². The van der Waals surface area contributed by atoms with Gasteiger partial charge in [0, 0.05) is 32.7 Å². The average Bonchev–Trinajstić information content (AvgIpc) is 2.86. The molecule has 1 atom stereocenters. The van der Waals surface area contributed by atoms with Crippen LogP contribution in [0.15, 0.2) is 30.3 Å². The third kappa shape index (κ3) is 3.87. The van der Waals surface area contributed by atoms with Crippen LogP contribution in [-0.4, -0.2) is 59.9 Å². The van der Waals surface area contributed by atoms with Crippen LogP contribution in [0.25, 0.3) is 0 Å². The molecule has 2 aliphatic heterocycles. The highest BCUT2D eigenvalue weighted by molar-refractivity contribution is 6.05. The number of carbonyl (C=O) groups excluding carboxylic acids is 3. The summed E-state index contributed by atoms with van der Waals surface area (Å²) in [5.74, 6) is -0.516. The molecule has 4 amide bonds. The molecule has 7 heteroatoms. The Morgan fingerprint density at radius 2 is 1.78 bits per heavy atom. The summed E-state index contributed by atoms with van der Waals surface area (Å²) >= 11 is 0. The van der Waals surface area contributed by atoms with Crippen molar-refractivity contribution < 1.29 is 14.4 Å². The molecule has 0 bridgehead atoms. The Kier molecular flexibility index (Phi) is 4.57. The van der Waals surface area contributed by atoms with Crippen molar-refractivity contribution in [3.8, 4) is 0 Å². The topological polar surface area (TPSA) is 81.8 Å². The lowest BCUT2D eigenvalue weighted by Gasteiger charge is -2.35. The van der Waals surface area contributed by atoms with Crippen molar-refractivity contribution in [1.29, 1.82) is 0 Å². The van der Waals surface area contributed by atoms with Crippen molar-refractivity contribution >= 4 is 17.8 Å². The minimum atomic E-state index is -0.739. The third-order valence-electron chi connectivity index (χ3n) is 4.21. The highest BCUT2D eigenvalue weighted by Gasteiger charge is 2.33. The highest BCUT2D eigenvalue weighted by atomic mass is 16.2. The highest BCUT2D eigenvalue weighted by Crippen LogP contribution is 2.10. The molecule has 1 aromatic carbocycles. The summed E-state index contributed by atoms with van der Waals surface area (Å²) in [7, 11) is 0. The lowest BCUT2D eigenvalue weighted by Crippen LogP contribution is -2.49. The molecule has 0 saturated carbocycles. The van der Waals surface area contributed by atoms with Crippen molar-refractivity contribution in [2.24, 2.45) is 0 Å². The molecular weight excluding hydrogens is 296 g/mol. The van der Waals surface area contributed by atoms with Crippen LogP contribution in [0, 0.1) is 0 Å². The largest absolute Gasteiger partial charge is 0.340 e. The molecule has 7 nitrogen and oxygen atoms in total. The molecule has 2 N–H and O–H groups in total. The van der Waals surface area contributed by atoms with Crippen molar-refractivity contribution in [3.63, 3.8) is 0 Å². The van der Waals surface area contributed by atoms with Crippen LogP contribution < -0.4 is 10.6 Å². The van der Waals surface area contributed by atoms with E-state index in [0.29, 0.717) is 13.1 Å². The lowest BCUT2D eigenvalue weighted by atomic mass is 10.1. The average molecular weight is 316 g/mol. The number of hydrogen-bond donors (Lipinski definition) is 2. The zero-order valence-electron chi connectivity index (χ0n) is 12.8.